The lowest BCUT2D eigenvalue weighted by Gasteiger charge is -1.96. The van der Waals surface area contributed by atoms with Crippen LogP contribution >= 0.6 is 0 Å². The highest BCUT2D eigenvalue weighted by Crippen LogP contribution is 2.04. The summed E-state index contributed by atoms with van der Waals surface area (Å²) in [5, 5.41) is 0. The number of hydrogen-bond donors (Lipinski definition) is 6. The molecule has 0 spiro atoms. The van der Waals surface area contributed by atoms with Gasteiger partial charge < -0.3 is 22.9 Å². The summed E-state index contributed by atoms with van der Waals surface area (Å²) in [5.41, 5.74) is 22.0. The number of guanidine groups is 2. The molecule has 2 aromatic rings. The maximum absolute atomic E-state index is 12.6. The summed E-state index contributed by atoms with van der Waals surface area (Å²) in [6, 6.07) is 12.3. The molecule has 160 valence electrons. The van der Waals surface area contributed by atoms with Crippen molar-refractivity contribution in [1.29, 1.82) is 0 Å². The van der Waals surface area contributed by atoms with Crippen molar-refractivity contribution in [3.05, 3.63) is 71.3 Å². The maximum Gasteiger partial charge on any atom is 0.394 e. The molecule has 0 amide bonds. The van der Waals surface area contributed by atoms with Crippen molar-refractivity contribution >= 4 is 22.3 Å². The number of nitrogens with two attached hydrogens (primary N) is 4. The Hall–Kier alpha value is -3.29. The Morgan fingerprint density at radius 2 is 1.10 bits per heavy atom. The van der Waals surface area contributed by atoms with Crippen molar-refractivity contribution in [2.45, 2.75) is 13.1 Å². The van der Waals surface area contributed by atoms with E-state index in [1.54, 1.807) is 24.3 Å². The summed E-state index contributed by atoms with van der Waals surface area (Å²) in [6.45, 7) is 0.639. The minimum atomic E-state index is -4.67. The number of benzene rings is 2. The Morgan fingerprint density at radius 3 is 1.34 bits per heavy atom. The lowest BCUT2D eigenvalue weighted by molar-refractivity contribution is 0.381. The van der Waals surface area contributed by atoms with Gasteiger partial charge in [-0.05, 0) is 35.4 Å². The zero-order chi connectivity index (χ0) is 22.4. The molecule has 29 heavy (non-hydrogen) atoms. The van der Waals surface area contributed by atoms with Crippen LogP contribution in [0.4, 0.5) is 8.78 Å². The summed E-state index contributed by atoms with van der Waals surface area (Å²) < 4.78 is 56.7. The van der Waals surface area contributed by atoms with Gasteiger partial charge in [-0.1, -0.05) is 24.3 Å². The minimum Gasteiger partial charge on any atom is -0.370 e. The lowest BCUT2D eigenvalue weighted by Crippen LogP contribution is -2.22. The van der Waals surface area contributed by atoms with Gasteiger partial charge in [-0.25, -0.2) is 18.8 Å². The topological polar surface area (TPSA) is 203 Å². The van der Waals surface area contributed by atoms with Crippen molar-refractivity contribution in [2.75, 3.05) is 0 Å². The Morgan fingerprint density at radius 1 is 0.793 bits per heavy atom. The van der Waals surface area contributed by atoms with E-state index in [4.69, 9.17) is 40.5 Å². The summed E-state index contributed by atoms with van der Waals surface area (Å²) in [4.78, 5) is 7.48. The van der Waals surface area contributed by atoms with Crippen LogP contribution in [-0.2, 0) is 23.5 Å². The van der Waals surface area contributed by atoms with Gasteiger partial charge in [0, 0.05) is 0 Å². The molecule has 0 aliphatic heterocycles. The fraction of sp³-hybridized carbons (Fsp3) is 0.125. The van der Waals surface area contributed by atoms with Crippen LogP contribution in [0.5, 0.6) is 0 Å². The molecule has 0 aliphatic rings. The molecule has 0 heterocycles. The second-order valence-corrected chi connectivity index (χ2v) is 6.09. The molecule has 0 atom stereocenters. The SMILES string of the molecule is NC(N)=NCc1cccc(F)c1.NC(N)=NCc1cccc(F)c1.O=S(=O)(O)O. The van der Waals surface area contributed by atoms with Gasteiger partial charge in [0.15, 0.2) is 11.9 Å². The molecule has 2 aromatic carbocycles. The molecule has 10 N–H and O–H groups in total. The first-order valence-electron chi connectivity index (χ1n) is 7.66. The fourth-order valence-corrected chi connectivity index (χ4v) is 1.64. The van der Waals surface area contributed by atoms with Crippen LogP contribution in [0.15, 0.2) is 58.5 Å². The molecule has 2 rings (SSSR count). The molecule has 0 saturated carbocycles. The van der Waals surface area contributed by atoms with Crippen molar-refractivity contribution in [3.8, 4) is 0 Å². The van der Waals surface area contributed by atoms with Crippen LogP contribution in [-0.4, -0.2) is 29.4 Å². The summed E-state index contributed by atoms with van der Waals surface area (Å²) in [5.74, 6) is -0.532. The maximum atomic E-state index is 12.6. The highest BCUT2D eigenvalue weighted by Gasteiger charge is 1.93. The number of aliphatic imine (C=N–C) groups is 2. The largest absolute Gasteiger partial charge is 0.394 e. The number of nitrogens with zero attached hydrogens (tertiary/aromatic N) is 2. The molecule has 0 unspecified atom stereocenters. The van der Waals surface area contributed by atoms with Gasteiger partial charge in [-0.2, -0.15) is 8.42 Å². The van der Waals surface area contributed by atoms with Crippen molar-refractivity contribution in [3.63, 3.8) is 0 Å². The molecule has 13 heteroatoms. The Bertz CT molecular complexity index is 861. The third kappa shape index (κ3) is 17.9. The van der Waals surface area contributed by atoms with E-state index in [0.29, 0.717) is 13.1 Å². The van der Waals surface area contributed by atoms with Gasteiger partial charge in [-0.15, -0.1) is 0 Å². The van der Waals surface area contributed by atoms with Crippen LogP contribution in [0.25, 0.3) is 0 Å². The van der Waals surface area contributed by atoms with Gasteiger partial charge in [0.1, 0.15) is 11.6 Å². The third-order valence-electron chi connectivity index (χ3n) is 2.67. The Balaban J connectivity index is 0.000000442. The molecule has 10 nitrogen and oxygen atoms in total. The molecule has 0 saturated heterocycles. The lowest BCUT2D eigenvalue weighted by atomic mass is 10.2. The normalized spacial score (nSPS) is 9.79. The minimum absolute atomic E-state index is 0.0132. The number of halogens is 2. The highest BCUT2D eigenvalue weighted by atomic mass is 32.3. The standard InChI is InChI=1S/2C8H10FN3.H2O4S/c2*9-7-3-1-2-6(4-7)5-12-8(10)11;1-5(2,3)4/h2*1-4H,5H2,(H4,10,11,12);(H2,1,2,3,4). The van der Waals surface area contributed by atoms with Gasteiger partial charge in [0.05, 0.1) is 13.1 Å². The first-order chi connectivity index (χ1) is 13.4. The van der Waals surface area contributed by atoms with Crippen LogP contribution in [0.2, 0.25) is 0 Å². The molecule has 0 aliphatic carbocycles. The smallest absolute Gasteiger partial charge is 0.370 e. The Labute approximate surface area is 166 Å². The molecule has 0 bridgehead atoms. The highest BCUT2D eigenvalue weighted by molar-refractivity contribution is 7.79. The summed E-state index contributed by atoms with van der Waals surface area (Å²) >= 11 is 0. The number of rotatable bonds is 4. The fourth-order valence-electron chi connectivity index (χ4n) is 1.64. The second-order valence-electron chi connectivity index (χ2n) is 5.19. The van der Waals surface area contributed by atoms with Gasteiger partial charge >= 0.3 is 10.4 Å². The molecular formula is C16H22F2N6O4S. The predicted octanol–water partition coefficient (Wildman–Crippen LogP) is 0.545. The van der Waals surface area contributed by atoms with E-state index >= 15 is 0 Å². The monoisotopic (exact) mass is 432 g/mol. The van der Waals surface area contributed by atoms with E-state index in [1.807, 2.05) is 0 Å². The first-order valence-corrected chi connectivity index (χ1v) is 9.06. The Kier molecular flexibility index (Phi) is 11.5. The molecule has 0 aromatic heterocycles. The van der Waals surface area contributed by atoms with E-state index < -0.39 is 10.4 Å². The van der Waals surface area contributed by atoms with Crippen molar-refractivity contribution in [2.24, 2.45) is 32.9 Å². The summed E-state index contributed by atoms with van der Waals surface area (Å²) in [7, 11) is -4.67. The van der Waals surface area contributed by atoms with E-state index in [1.165, 1.54) is 24.3 Å². The number of hydrogen-bond acceptors (Lipinski definition) is 4. The zero-order valence-corrected chi connectivity index (χ0v) is 15.9. The quantitative estimate of drug-likeness (QED) is 0.228. The van der Waals surface area contributed by atoms with Gasteiger partial charge in [0.25, 0.3) is 0 Å². The van der Waals surface area contributed by atoms with E-state index in [9.17, 15) is 8.78 Å². The van der Waals surface area contributed by atoms with Gasteiger partial charge in [-0.3, -0.25) is 9.11 Å². The van der Waals surface area contributed by atoms with Crippen molar-refractivity contribution < 1.29 is 26.3 Å². The average molecular weight is 432 g/mol. The van der Waals surface area contributed by atoms with E-state index in [2.05, 4.69) is 9.98 Å². The van der Waals surface area contributed by atoms with E-state index in [0.717, 1.165) is 11.1 Å². The van der Waals surface area contributed by atoms with Crippen LogP contribution < -0.4 is 22.9 Å². The predicted molar refractivity (Wildman–Crippen MR) is 106 cm³/mol. The second kappa shape index (κ2) is 13.0. The first kappa shape index (κ1) is 25.7. The summed E-state index contributed by atoms with van der Waals surface area (Å²) in [6.07, 6.45) is 0. The molecule has 0 fully saturated rings. The van der Waals surface area contributed by atoms with Crippen molar-refractivity contribution in [1.82, 2.24) is 0 Å². The van der Waals surface area contributed by atoms with Gasteiger partial charge in [0.2, 0.25) is 0 Å². The van der Waals surface area contributed by atoms with Crippen LogP contribution in [0.1, 0.15) is 11.1 Å². The average Bonchev–Trinajstić information content (AvgIpc) is 2.57. The molecular weight excluding hydrogens is 410 g/mol. The molecule has 0 radical (unpaired) electrons. The van der Waals surface area contributed by atoms with Crippen LogP contribution in [0, 0.1) is 11.6 Å². The zero-order valence-electron chi connectivity index (χ0n) is 15.1. The van der Waals surface area contributed by atoms with Crippen LogP contribution in [0.3, 0.4) is 0 Å². The third-order valence-corrected chi connectivity index (χ3v) is 2.67. The van der Waals surface area contributed by atoms with E-state index in [-0.39, 0.29) is 23.6 Å².